The maximum atomic E-state index is 14.4. The number of halogens is 1. The first-order valence-corrected chi connectivity index (χ1v) is 14.3. The van der Waals surface area contributed by atoms with Crippen molar-refractivity contribution in [1.82, 2.24) is 0 Å². The van der Waals surface area contributed by atoms with Crippen LogP contribution in [-0.2, 0) is 19.1 Å². The van der Waals surface area contributed by atoms with Crippen LogP contribution >= 0.6 is 15.9 Å². The second kappa shape index (κ2) is 10.2. The van der Waals surface area contributed by atoms with E-state index in [1.54, 1.807) is 24.3 Å². The van der Waals surface area contributed by atoms with Crippen molar-refractivity contribution in [3.8, 4) is 0 Å². The number of amides is 2. The predicted octanol–water partition coefficient (Wildman–Crippen LogP) is 6.17. The number of carbonyl (C=O) groups is 3. The van der Waals surface area contributed by atoms with Crippen LogP contribution in [0.15, 0.2) is 120 Å². The van der Waals surface area contributed by atoms with Crippen LogP contribution < -0.4 is 9.80 Å². The quantitative estimate of drug-likeness (QED) is 0.201. The van der Waals surface area contributed by atoms with Crippen LogP contribution in [0.2, 0.25) is 0 Å². The number of hydrogen-bond donors (Lipinski definition) is 0. The van der Waals surface area contributed by atoms with E-state index >= 15 is 0 Å². The first kappa shape index (κ1) is 25.5. The number of para-hydroxylation sites is 1. The van der Waals surface area contributed by atoms with E-state index < -0.39 is 36.0 Å². The van der Waals surface area contributed by atoms with Crippen LogP contribution in [0.4, 0.5) is 11.4 Å². The maximum Gasteiger partial charge on any atom is 0.330 e. The lowest BCUT2D eigenvalue weighted by molar-refractivity contribution is -0.151. The Balaban J connectivity index is 1.32. The molecular formula is C34H25BrN2O4. The van der Waals surface area contributed by atoms with Gasteiger partial charge in [-0.25, -0.2) is 9.69 Å². The zero-order valence-electron chi connectivity index (χ0n) is 21.8. The van der Waals surface area contributed by atoms with E-state index in [4.69, 9.17) is 4.74 Å². The van der Waals surface area contributed by atoms with Crippen molar-refractivity contribution in [2.75, 3.05) is 9.80 Å². The molecule has 3 aliphatic heterocycles. The zero-order valence-corrected chi connectivity index (χ0v) is 23.4. The molecule has 3 aliphatic rings. The molecule has 0 aromatic heterocycles. The van der Waals surface area contributed by atoms with Crippen LogP contribution in [-0.4, -0.2) is 29.9 Å². The van der Waals surface area contributed by atoms with Crippen molar-refractivity contribution in [1.29, 1.82) is 0 Å². The third-order valence-corrected chi connectivity index (χ3v) is 8.71. The average Bonchev–Trinajstić information content (AvgIpc) is 3.49. The average molecular weight is 605 g/mol. The van der Waals surface area contributed by atoms with Gasteiger partial charge in [-0.15, -0.1) is 0 Å². The maximum absolute atomic E-state index is 14.4. The molecule has 4 aromatic carbocycles. The summed E-state index contributed by atoms with van der Waals surface area (Å²) in [6, 6.07) is 32.5. The van der Waals surface area contributed by atoms with Crippen molar-refractivity contribution >= 4 is 51.2 Å². The molecule has 0 N–H and O–H groups in total. The molecular weight excluding hydrogens is 580 g/mol. The number of esters is 1. The van der Waals surface area contributed by atoms with Crippen molar-refractivity contribution < 1.29 is 19.1 Å². The van der Waals surface area contributed by atoms with Crippen molar-refractivity contribution in [3.05, 3.63) is 136 Å². The fourth-order valence-electron chi connectivity index (χ4n) is 6.40. The van der Waals surface area contributed by atoms with Gasteiger partial charge in [-0.05, 0) is 47.0 Å². The third-order valence-electron chi connectivity index (χ3n) is 8.18. The second-order valence-corrected chi connectivity index (χ2v) is 11.4. The lowest BCUT2D eigenvalue weighted by Gasteiger charge is -2.36. The summed E-state index contributed by atoms with van der Waals surface area (Å²) in [5.41, 5.74) is 3.87. The Morgan fingerprint density at radius 3 is 1.98 bits per heavy atom. The van der Waals surface area contributed by atoms with Gasteiger partial charge in [0.1, 0.15) is 6.04 Å². The number of anilines is 2. The second-order valence-electron chi connectivity index (χ2n) is 10.4. The van der Waals surface area contributed by atoms with E-state index in [9.17, 15) is 14.4 Å². The molecule has 0 bridgehead atoms. The Kier molecular flexibility index (Phi) is 6.31. The monoisotopic (exact) mass is 604 g/mol. The van der Waals surface area contributed by atoms with Crippen LogP contribution in [0.25, 0.3) is 6.08 Å². The summed E-state index contributed by atoms with van der Waals surface area (Å²) in [7, 11) is 0. The molecule has 3 heterocycles. The van der Waals surface area contributed by atoms with Gasteiger partial charge in [0, 0.05) is 10.2 Å². The molecule has 0 aliphatic carbocycles. The van der Waals surface area contributed by atoms with Gasteiger partial charge in [-0.1, -0.05) is 107 Å². The minimum atomic E-state index is -0.983. The van der Waals surface area contributed by atoms with Gasteiger partial charge >= 0.3 is 5.97 Å². The standard InChI is InChI=1S/C34H25BrN2O4/c35-24-16-18-25(19-17-24)36-32(38)28-27-20-15-21-9-7-8-14-26(21)37(27)30(29(28)33(36)39)34(40)41-31(22-10-3-1-4-11-22)23-12-5-2-6-13-23/h1-20,27-31H/t27-,28-,29-,30+/m1/s1. The number of ether oxygens (including phenoxy) is 1. The lowest BCUT2D eigenvalue weighted by Crippen LogP contribution is -2.49. The molecule has 7 heteroatoms. The molecule has 41 heavy (non-hydrogen) atoms. The number of carbonyl (C=O) groups excluding carboxylic acids is 3. The number of fused-ring (bicyclic) bond motifs is 5. The van der Waals surface area contributed by atoms with E-state index in [0.717, 1.165) is 26.9 Å². The molecule has 2 amide bonds. The minimum Gasteiger partial charge on any atom is -0.451 e. The van der Waals surface area contributed by atoms with E-state index in [1.807, 2.05) is 102 Å². The van der Waals surface area contributed by atoms with Gasteiger partial charge in [0.05, 0.1) is 23.6 Å². The lowest BCUT2D eigenvalue weighted by atomic mass is 9.88. The molecule has 7 rings (SSSR count). The highest BCUT2D eigenvalue weighted by molar-refractivity contribution is 9.10. The topological polar surface area (TPSA) is 66.9 Å². The normalized spacial score (nSPS) is 22.5. The zero-order chi connectivity index (χ0) is 28.1. The highest BCUT2D eigenvalue weighted by atomic mass is 79.9. The van der Waals surface area contributed by atoms with Crippen molar-refractivity contribution in [2.24, 2.45) is 11.8 Å². The fraction of sp³-hybridized carbons (Fsp3) is 0.147. The molecule has 2 fully saturated rings. The predicted molar refractivity (Wildman–Crippen MR) is 160 cm³/mol. The molecule has 0 saturated carbocycles. The Bertz CT molecular complexity index is 1630. The Hall–Kier alpha value is -4.49. The first-order valence-electron chi connectivity index (χ1n) is 13.5. The Morgan fingerprint density at radius 2 is 1.32 bits per heavy atom. The summed E-state index contributed by atoms with van der Waals surface area (Å²) in [6.45, 7) is 0. The Labute approximate surface area is 246 Å². The van der Waals surface area contributed by atoms with Crippen LogP contribution in [0.5, 0.6) is 0 Å². The molecule has 6 nitrogen and oxygen atoms in total. The minimum absolute atomic E-state index is 0.306. The van der Waals surface area contributed by atoms with E-state index in [-0.39, 0.29) is 11.8 Å². The van der Waals surface area contributed by atoms with Gasteiger partial charge in [0.15, 0.2) is 6.10 Å². The summed E-state index contributed by atoms with van der Waals surface area (Å²) in [5.74, 6) is -2.85. The summed E-state index contributed by atoms with van der Waals surface area (Å²) in [4.78, 5) is 45.6. The number of hydrogen-bond acceptors (Lipinski definition) is 5. The summed E-state index contributed by atoms with van der Waals surface area (Å²) in [6.07, 6.45) is 3.24. The third kappa shape index (κ3) is 4.19. The first-order chi connectivity index (χ1) is 20.0. The van der Waals surface area contributed by atoms with E-state index in [2.05, 4.69) is 15.9 Å². The largest absolute Gasteiger partial charge is 0.451 e. The summed E-state index contributed by atoms with van der Waals surface area (Å²) in [5, 5.41) is 0. The molecule has 0 unspecified atom stereocenters. The fourth-order valence-corrected chi connectivity index (χ4v) is 6.66. The van der Waals surface area contributed by atoms with Crippen LogP contribution in [0.3, 0.4) is 0 Å². The molecule has 0 spiro atoms. The number of imide groups is 1. The van der Waals surface area contributed by atoms with Gasteiger partial charge in [-0.2, -0.15) is 0 Å². The van der Waals surface area contributed by atoms with E-state index in [0.29, 0.717) is 5.69 Å². The van der Waals surface area contributed by atoms with Crippen LogP contribution in [0, 0.1) is 11.8 Å². The van der Waals surface area contributed by atoms with Gasteiger partial charge in [0.2, 0.25) is 11.8 Å². The van der Waals surface area contributed by atoms with Gasteiger partial charge < -0.3 is 9.64 Å². The molecule has 2 saturated heterocycles. The highest BCUT2D eigenvalue weighted by Crippen LogP contribution is 2.49. The smallest absolute Gasteiger partial charge is 0.330 e. The number of benzene rings is 4. The SMILES string of the molecule is O=C(OC(c1ccccc1)c1ccccc1)[C@@H]1[C@@H]2C(=O)N(c3ccc(Br)cc3)C(=O)[C@@H]2[C@H]2C=Cc3ccccc3N21. The highest BCUT2D eigenvalue weighted by Gasteiger charge is 2.65. The number of rotatable bonds is 5. The summed E-state index contributed by atoms with van der Waals surface area (Å²) < 4.78 is 7.17. The summed E-state index contributed by atoms with van der Waals surface area (Å²) >= 11 is 3.42. The van der Waals surface area contributed by atoms with Gasteiger partial charge in [0.25, 0.3) is 0 Å². The molecule has 0 radical (unpaired) electrons. The number of nitrogens with zero attached hydrogens (tertiary/aromatic N) is 2. The van der Waals surface area contributed by atoms with Crippen molar-refractivity contribution in [3.63, 3.8) is 0 Å². The van der Waals surface area contributed by atoms with Crippen molar-refractivity contribution in [2.45, 2.75) is 18.2 Å². The molecule has 4 aromatic rings. The van der Waals surface area contributed by atoms with Crippen LogP contribution in [0.1, 0.15) is 22.8 Å². The Morgan fingerprint density at radius 1 is 0.732 bits per heavy atom. The molecule has 4 atom stereocenters. The molecule has 202 valence electrons. The van der Waals surface area contributed by atoms with Gasteiger partial charge in [-0.3, -0.25) is 9.59 Å². The van der Waals surface area contributed by atoms with E-state index in [1.165, 1.54) is 4.90 Å².